The van der Waals surface area contributed by atoms with E-state index in [1.807, 2.05) is 24.3 Å². The number of sulfonamides is 1. The van der Waals surface area contributed by atoms with Crippen molar-refractivity contribution in [1.29, 1.82) is 0 Å². The Morgan fingerprint density at radius 3 is 2.39 bits per heavy atom. The highest BCUT2D eigenvalue weighted by molar-refractivity contribution is 7.89. The molecule has 0 atom stereocenters. The van der Waals surface area contributed by atoms with Gasteiger partial charge in [0.25, 0.3) is 5.91 Å². The van der Waals surface area contributed by atoms with E-state index in [-0.39, 0.29) is 29.0 Å². The Morgan fingerprint density at radius 2 is 1.73 bits per heavy atom. The number of para-hydroxylation sites is 1. The topological polar surface area (TPSA) is 84.9 Å². The van der Waals surface area contributed by atoms with Gasteiger partial charge in [-0.05, 0) is 48.1 Å². The number of hydrogen-bond acceptors (Lipinski definition) is 5. The van der Waals surface area contributed by atoms with Gasteiger partial charge < -0.3 is 14.8 Å². The van der Waals surface area contributed by atoms with E-state index < -0.39 is 15.9 Å². The number of rotatable bonds is 8. The van der Waals surface area contributed by atoms with Crippen molar-refractivity contribution in [3.05, 3.63) is 53.6 Å². The van der Waals surface area contributed by atoms with E-state index in [9.17, 15) is 13.2 Å². The molecule has 2 aromatic rings. The van der Waals surface area contributed by atoms with Crippen molar-refractivity contribution in [2.75, 3.05) is 33.4 Å². The summed E-state index contributed by atoms with van der Waals surface area (Å²) in [6, 6.07) is 12.3. The van der Waals surface area contributed by atoms with E-state index in [0.717, 1.165) is 30.6 Å². The van der Waals surface area contributed by atoms with Gasteiger partial charge in [0, 0.05) is 13.1 Å². The first-order chi connectivity index (χ1) is 15.6. The van der Waals surface area contributed by atoms with Crippen molar-refractivity contribution in [3.8, 4) is 11.5 Å². The number of methoxy groups -OCH3 is 1. The molecule has 3 rings (SSSR count). The number of hydrogen-bond donors (Lipinski definition) is 1. The lowest BCUT2D eigenvalue weighted by Gasteiger charge is -2.26. The van der Waals surface area contributed by atoms with Crippen LogP contribution in [0.4, 0.5) is 0 Å². The van der Waals surface area contributed by atoms with Crippen LogP contribution in [0.2, 0.25) is 0 Å². The summed E-state index contributed by atoms with van der Waals surface area (Å²) in [6.45, 7) is 7.92. The molecule has 0 radical (unpaired) electrons. The van der Waals surface area contributed by atoms with Crippen molar-refractivity contribution >= 4 is 15.9 Å². The molecule has 1 fully saturated rings. The fourth-order valence-electron chi connectivity index (χ4n) is 3.91. The van der Waals surface area contributed by atoms with Crippen molar-refractivity contribution in [1.82, 2.24) is 9.62 Å². The number of benzene rings is 2. The molecule has 180 valence electrons. The van der Waals surface area contributed by atoms with Gasteiger partial charge in [-0.1, -0.05) is 45.4 Å². The van der Waals surface area contributed by atoms with Gasteiger partial charge in [-0.3, -0.25) is 4.79 Å². The highest BCUT2D eigenvalue weighted by atomic mass is 32.2. The third kappa shape index (κ3) is 6.06. The van der Waals surface area contributed by atoms with Crippen LogP contribution in [0.15, 0.2) is 47.4 Å². The molecule has 0 bridgehead atoms. The lowest BCUT2D eigenvalue weighted by Crippen LogP contribution is -2.35. The van der Waals surface area contributed by atoms with E-state index >= 15 is 0 Å². The number of ether oxygens (including phenoxy) is 2. The molecular weight excluding hydrogens is 440 g/mol. The van der Waals surface area contributed by atoms with Crippen LogP contribution in [0.25, 0.3) is 0 Å². The maximum Gasteiger partial charge on any atom is 0.255 e. The summed E-state index contributed by atoms with van der Waals surface area (Å²) >= 11 is 0. The van der Waals surface area contributed by atoms with Gasteiger partial charge in [0.1, 0.15) is 18.1 Å². The SMILES string of the molecule is COc1ccc(S(=O)(=O)N2CCCCC2)cc1C(=O)NCCOc1ccccc1C(C)(C)C. The fraction of sp³-hybridized carbons (Fsp3) is 0.480. The quantitative estimate of drug-likeness (QED) is 0.585. The maximum atomic E-state index is 13.0. The molecule has 0 unspecified atom stereocenters. The highest BCUT2D eigenvalue weighted by Crippen LogP contribution is 2.31. The van der Waals surface area contributed by atoms with Crippen LogP contribution in [-0.2, 0) is 15.4 Å². The molecule has 7 nitrogen and oxygen atoms in total. The van der Waals surface area contributed by atoms with Crippen molar-refractivity contribution in [3.63, 3.8) is 0 Å². The van der Waals surface area contributed by atoms with Crippen LogP contribution >= 0.6 is 0 Å². The summed E-state index contributed by atoms with van der Waals surface area (Å²) < 4.78 is 38.8. The Balaban J connectivity index is 1.68. The predicted octanol–water partition coefficient (Wildman–Crippen LogP) is 3.98. The number of nitrogens with zero attached hydrogens (tertiary/aromatic N) is 1. The summed E-state index contributed by atoms with van der Waals surface area (Å²) in [5, 5.41) is 2.81. The summed E-state index contributed by atoms with van der Waals surface area (Å²) in [5.41, 5.74) is 1.22. The number of carbonyl (C=O) groups excluding carboxylic acids is 1. The highest BCUT2D eigenvalue weighted by Gasteiger charge is 2.27. The van der Waals surface area contributed by atoms with Crippen LogP contribution in [-0.4, -0.2) is 52.0 Å². The number of piperidine rings is 1. The second kappa shape index (κ2) is 10.6. The molecule has 0 saturated carbocycles. The van der Waals surface area contributed by atoms with Gasteiger partial charge in [-0.2, -0.15) is 4.31 Å². The number of amides is 1. The normalized spacial score (nSPS) is 15.2. The second-order valence-electron chi connectivity index (χ2n) is 9.18. The molecule has 0 aromatic heterocycles. The molecule has 33 heavy (non-hydrogen) atoms. The molecule has 0 spiro atoms. The molecule has 1 aliphatic rings. The molecule has 8 heteroatoms. The minimum atomic E-state index is -3.65. The molecule has 1 heterocycles. The average Bonchev–Trinajstić information content (AvgIpc) is 2.81. The zero-order valence-electron chi connectivity index (χ0n) is 19.9. The Labute approximate surface area is 197 Å². The summed E-state index contributed by atoms with van der Waals surface area (Å²) in [5.74, 6) is 0.700. The third-order valence-electron chi connectivity index (χ3n) is 5.71. The van der Waals surface area contributed by atoms with Gasteiger partial charge in [-0.25, -0.2) is 8.42 Å². The first kappa shape index (κ1) is 25.1. The van der Waals surface area contributed by atoms with Crippen LogP contribution in [0.3, 0.4) is 0 Å². The number of nitrogens with one attached hydrogen (secondary N) is 1. The van der Waals surface area contributed by atoms with Crippen molar-refractivity contribution in [2.24, 2.45) is 0 Å². The van der Waals surface area contributed by atoms with Gasteiger partial charge >= 0.3 is 0 Å². The molecule has 1 amide bonds. The first-order valence-corrected chi connectivity index (χ1v) is 12.8. The summed E-state index contributed by atoms with van der Waals surface area (Å²) in [4.78, 5) is 13.0. The van der Waals surface area contributed by atoms with E-state index in [1.54, 1.807) is 0 Å². The van der Waals surface area contributed by atoms with Gasteiger partial charge in [0.2, 0.25) is 10.0 Å². The first-order valence-electron chi connectivity index (χ1n) is 11.3. The Morgan fingerprint density at radius 1 is 1.03 bits per heavy atom. The maximum absolute atomic E-state index is 13.0. The number of carbonyl (C=O) groups is 1. The zero-order chi connectivity index (χ0) is 24.1. The average molecular weight is 475 g/mol. The van der Waals surface area contributed by atoms with E-state index in [2.05, 4.69) is 26.1 Å². The minimum absolute atomic E-state index is 0.0620. The zero-order valence-corrected chi connectivity index (χ0v) is 20.7. The van der Waals surface area contributed by atoms with Crippen molar-refractivity contribution in [2.45, 2.75) is 50.3 Å². The standard InChI is InChI=1S/C25H34N2O5S/c1-25(2,3)21-10-6-7-11-23(21)32-17-14-26-24(28)20-18-19(12-13-22(20)31-4)33(29,30)27-15-8-5-9-16-27/h6-7,10-13,18H,5,8-9,14-17H2,1-4H3,(H,26,28). The fourth-order valence-corrected chi connectivity index (χ4v) is 5.46. The Kier molecular flexibility index (Phi) is 8.02. The monoisotopic (exact) mass is 474 g/mol. The lowest BCUT2D eigenvalue weighted by atomic mass is 9.86. The van der Waals surface area contributed by atoms with Crippen LogP contribution in [0, 0.1) is 0 Å². The van der Waals surface area contributed by atoms with Gasteiger partial charge in [-0.15, -0.1) is 0 Å². The van der Waals surface area contributed by atoms with E-state index in [0.29, 0.717) is 18.8 Å². The third-order valence-corrected chi connectivity index (χ3v) is 7.60. The summed E-state index contributed by atoms with van der Waals surface area (Å²) in [7, 11) is -2.19. The van der Waals surface area contributed by atoms with Gasteiger partial charge in [0.05, 0.1) is 24.1 Å². The van der Waals surface area contributed by atoms with Crippen LogP contribution in [0.1, 0.15) is 56.0 Å². The summed E-state index contributed by atoms with van der Waals surface area (Å²) in [6.07, 6.45) is 2.73. The van der Waals surface area contributed by atoms with E-state index in [1.165, 1.54) is 29.6 Å². The second-order valence-corrected chi connectivity index (χ2v) is 11.1. The smallest absolute Gasteiger partial charge is 0.255 e. The molecule has 1 N–H and O–H groups in total. The molecule has 1 aliphatic heterocycles. The molecular formula is C25H34N2O5S. The predicted molar refractivity (Wildman–Crippen MR) is 129 cm³/mol. The van der Waals surface area contributed by atoms with Gasteiger partial charge in [0.15, 0.2) is 0 Å². The van der Waals surface area contributed by atoms with Crippen LogP contribution < -0.4 is 14.8 Å². The Bertz CT molecular complexity index is 1070. The van der Waals surface area contributed by atoms with Crippen LogP contribution in [0.5, 0.6) is 11.5 Å². The largest absolute Gasteiger partial charge is 0.496 e. The molecule has 0 aliphatic carbocycles. The lowest BCUT2D eigenvalue weighted by molar-refractivity contribution is 0.0943. The minimum Gasteiger partial charge on any atom is -0.496 e. The molecule has 2 aromatic carbocycles. The van der Waals surface area contributed by atoms with E-state index in [4.69, 9.17) is 9.47 Å². The Hall–Kier alpha value is -2.58. The van der Waals surface area contributed by atoms with Crippen molar-refractivity contribution < 1.29 is 22.7 Å². The molecule has 1 saturated heterocycles.